The SMILES string of the molecule is OC(CSc1cccc(F)c1)c1cccnc1. The number of hydrogen-bond donors (Lipinski definition) is 1. The van der Waals surface area contributed by atoms with Crippen LogP contribution >= 0.6 is 11.8 Å². The maximum absolute atomic E-state index is 12.9. The molecule has 2 rings (SSSR count). The van der Waals surface area contributed by atoms with Crippen LogP contribution in [0.4, 0.5) is 4.39 Å². The minimum Gasteiger partial charge on any atom is -0.387 e. The van der Waals surface area contributed by atoms with Crippen LogP contribution in [-0.2, 0) is 0 Å². The second-order valence-corrected chi connectivity index (χ2v) is 4.66. The lowest BCUT2D eigenvalue weighted by atomic mass is 10.2. The first-order valence-electron chi connectivity index (χ1n) is 5.22. The smallest absolute Gasteiger partial charge is 0.124 e. The van der Waals surface area contributed by atoms with Crippen LogP contribution in [0.15, 0.2) is 53.7 Å². The van der Waals surface area contributed by atoms with Crippen LogP contribution in [0.5, 0.6) is 0 Å². The van der Waals surface area contributed by atoms with E-state index in [-0.39, 0.29) is 5.82 Å². The summed E-state index contributed by atoms with van der Waals surface area (Å²) < 4.78 is 12.9. The van der Waals surface area contributed by atoms with Crippen LogP contribution in [0.2, 0.25) is 0 Å². The van der Waals surface area contributed by atoms with Crippen molar-refractivity contribution in [1.82, 2.24) is 4.98 Å². The summed E-state index contributed by atoms with van der Waals surface area (Å²) in [5.41, 5.74) is 0.774. The number of pyridine rings is 1. The molecular formula is C13H12FNOS. The number of halogens is 1. The van der Waals surface area contributed by atoms with Gasteiger partial charge in [-0.2, -0.15) is 0 Å². The molecule has 1 unspecified atom stereocenters. The summed E-state index contributed by atoms with van der Waals surface area (Å²) in [5.74, 6) is 0.223. The second kappa shape index (κ2) is 5.80. The number of aromatic nitrogens is 1. The third kappa shape index (κ3) is 3.54. The molecule has 88 valence electrons. The van der Waals surface area contributed by atoms with Gasteiger partial charge in [-0.3, -0.25) is 4.98 Å². The molecule has 1 heterocycles. The lowest BCUT2D eigenvalue weighted by Gasteiger charge is -2.09. The average molecular weight is 249 g/mol. The Kier molecular flexibility index (Phi) is 4.12. The molecular weight excluding hydrogens is 237 g/mol. The molecule has 0 fully saturated rings. The van der Waals surface area contributed by atoms with Crippen molar-refractivity contribution in [2.24, 2.45) is 0 Å². The summed E-state index contributed by atoms with van der Waals surface area (Å²) in [6.07, 6.45) is 2.71. The third-order valence-corrected chi connectivity index (χ3v) is 3.34. The van der Waals surface area contributed by atoms with Gasteiger partial charge < -0.3 is 5.11 Å². The van der Waals surface area contributed by atoms with Crippen LogP contribution in [0.3, 0.4) is 0 Å². The normalized spacial score (nSPS) is 12.4. The zero-order valence-electron chi connectivity index (χ0n) is 9.08. The molecule has 0 amide bonds. The lowest BCUT2D eigenvalue weighted by molar-refractivity contribution is 0.203. The van der Waals surface area contributed by atoms with Crippen LogP contribution in [0.1, 0.15) is 11.7 Å². The monoisotopic (exact) mass is 249 g/mol. The summed E-state index contributed by atoms with van der Waals surface area (Å²) in [6, 6.07) is 9.95. The Morgan fingerprint density at radius 2 is 2.18 bits per heavy atom. The van der Waals surface area contributed by atoms with Gasteiger partial charge in [-0.05, 0) is 29.8 Å². The first kappa shape index (κ1) is 12.1. The number of aliphatic hydroxyl groups excluding tert-OH is 1. The largest absolute Gasteiger partial charge is 0.387 e. The van der Waals surface area contributed by atoms with Gasteiger partial charge in [-0.1, -0.05) is 12.1 Å². The second-order valence-electron chi connectivity index (χ2n) is 3.57. The van der Waals surface area contributed by atoms with Crippen LogP contribution in [-0.4, -0.2) is 15.8 Å². The summed E-state index contributed by atoms with van der Waals surface area (Å²) in [5, 5.41) is 9.90. The minimum atomic E-state index is -0.586. The van der Waals surface area contributed by atoms with E-state index >= 15 is 0 Å². The average Bonchev–Trinajstić information content (AvgIpc) is 2.37. The lowest BCUT2D eigenvalue weighted by Crippen LogP contribution is -2.00. The molecule has 2 nitrogen and oxygen atoms in total. The van der Waals surface area contributed by atoms with Gasteiger partial charge in [0.2, 0.25) is 0 Å². The Morgan fingerprint density at radius 3 is 2.88 bits per heavy atom. The van der Waals surface area contributed by atoms with E-state index in [0.29, 0.717) is 5.75 Å². The summed E-state index contributed by atoms with van der Waals surface area (Å²) in [4.78, 5) is 4.76. The van der Waals surface area contributed by atoms with Crippen LogP contribution in [0, 0.1) is 5.82 Å². The van der Waals surface area contributed by atoms with Gasteiger partial charge in [-0.15, -0.1) is 11.8 Å². The molecule has 0 saturated carbocycles. The number of thioether (sulfide) groups is 1. The Morgan fingerprint density at radius 1 is 1.29 bits per heavy atom. The first-order valence-corrected chi connectivity index (χ1v) is 6.20. The molecule has 2 aromatic rings. The van der Waals surface area contributed by atoms with Crippen molar-refractivity contribution < 1.29 is 9.50 Å². The van der Waals surface area contributed by atoms with Crippen LogP contribution in [0.25, 0.3) is 0 Å². The van der Waals surface area contributed by atoms with Gasteiger partial charge in [0.15, 0.2) is 0 Å². The zero-order chi connectivity index (χ0) is 12.1. The first-order chi connectivity index (χ1) is 8.25. The Labute approximate surface area is 104 Å². The summed E-state index contributed by atoms with van der Waals surface area (Å²) >= 11 is 1.42. The van der Waals surface area contributed by atoms with Crippen LogP contribution < -0.4 is 0 Å². The van der Waals surface area contributed by atoms with Crippen molar-refractivity contribution in [1.29, 1.82) is 0 Å². The highest BCUT2D eigenvalue weighted by atomic mass is 32.2. The highest BCUT2D eigenvalue weighted by molar-refractivity contribution is 7.99. The molecule has 0 aliphatic rings. The van der Waals surface area contributed by atoms with E-state index in [1.54, 1.807) is 24.5 Å². The van der Waals surface area contributed by atoms with Gasteiger partial charge >= 0.3 is 0 Å². The molecule has 1 N–H and O–H groups in total. The molecule has 17 heavy (non-hydrogen) atoms. The van der Waals surface area contributed by atoms with Gasteiger partial charge in [0.1, 0.15) is 5.82 Å². The summed E-state index contributed by atoms with van der Waals surface area (Å²) in [7, 11) is 0. The maximum atomic E-state index is 12.9. The van der Waals surface area contributed by atoms with E-state index in [2.05, 4.69) is 4.98 Å². The van der Waals surface area contributed by atoms with E-state index in [1.165, 1.54) is 23.9 Å². The van der Waals surface area contributed by atoms with Crippen molar-refractivity contribution in [2.45, 2.75) is 11.0 Å². The number of hydrogen-bond acceptors (Lipinski definition) is 3. The van der Waals surface area contributed by atoms with Gasteiger partial charge in [-0.25, -0.2) is 4.39 Å². The highest BCUT2D eigenvalue weighted by Crippen LogP contribution is 2.24. The fourth-order valence-electron chi connectivity index (χ4n) is 1.40. The molecule has 0 bridgehead atoms. The molecule has 0 aliphatic heterocycles. The van der Waals surface area contributed by atoms with Gasteiger partial charge in [0, 0.05) is 23.0 Å². The number of nitrogens with zero attached hydrogens (tertiary/aromatic N) is 1. The predicted molar refractivity (Wildman–Crippen MR) is 66.3 cm³/mol. The Bertz CT molecular complexity index is 478. The van der Waals surface area contributed by atoms with Crippen molar-refractivity contribution in [3.05, 3.63) is 60.2 Å². The zero-order valence-corrected chi connectivity index (χ0v) is 9.90. The van der Waals surface area contributed by atoms with E-state index in [1.807, 2.05) is 12.1 Å². The van der Waals surface area contributed by atoms with Crippen molar-refractivity contribution >= 4 is 11.8 Å². The Balaban J connectivity index is 1.95. The highest BCUT2D eigenvalue weighted by Gasteiger charge is 2.08. The fraction of sp³-hybridized carbons (Fsp3) is 0.154. The molecule has 4 heteroatoms. The maximum Gasteiger partial charge on any atom is 0.124 e. The minimum absolute atomic E-state index is 0.258. The molecule has 0 aliphatic carbocycles. The molecule has 1 atom stereocenters. The van der Waals surface area contributed by atoms with Gasteiger partial charge in [0.25, 0.3) is 0 Å². The third-order valence-electron chi connectivity index (χ3n) is 2.27. The topological polar surface area (TPSA) is 33.1 Å². The standard InChI is InChI=1S/C13H12FNOS/c14-11-4-1-5-12(7-11)17-9-13(16)10-3-2-6-15-8-10/h1-8,13,16H,9H2. The molecule has 1 aromatic carbocycles. The van der Waals surface area contributed by atoms with E-state index in [0.717, 1.165) is 10.5 Å². The molecule has 0 saturated heterocycles. The number of benzene rings is 1. The Hall–Kier alpha value is -1.39. The van der Waals surface area contributed by atoms with Gasteiger partial charge in [0.05, 0.1) is 6.10 Å². The molecule has 0 radical (unpaired) electrons. The molecule has 1 aromatic heterocycles. The predicted octanol–water partition coefficient (Wildman–Crippen LogP) is 3.05. The van der Waals surface area contributed by atoms with E-state index in [9.17, 15) is 9.50 Å². The van der Waals surface area contributed by atoms with Crippen molar-refractivity contribution in [3.63, 3.8) is 0 Å². The number of rotatable bonds is 4. The van der Waals surface area contributed by atoms with E-state index < -0.39 is 6.10 Å². The van der Waals surface area contributed by atoms with E-state index in [4.69, 9.17) is 0 Å². The number of aliphatic hydroxyl groups is 1. The summed E-state index contributed by atoms with van der Waals surface area (Å²) in [6.45, 7) is 0. The molecule has 0 spiro atoms. The quantitative estimate of drug-likeness (QED) is 0.845. The van der Waals surface area contributed by atoms with Crippen molar-refractivity contribution in [2.75, 3.05) is 5.75 Å². The fourth-order valence-corrected chi connectivity index (χ4v) is 2.31. The van der Waals surface area contributed by atoms with Crippen molar-refractivity contribution in [3.8, 4) is 0 Å².